The molecule has 2 N–H and O–H groups in total. The van der Waals surface area contributed by atoms with Crippen molar-refractivity contribution in [3.05, 3.63) is 0 Å². The highest BCUT2D eigenvalue weighted by Crippen LogP contribution is 2.01. The van der Waals surface area contributed by atoms with E-state index < -0.39 is 12.6 Å². The van der Waals surface area contributed by atoms with Gasteiger partial charge < -0.3 is 10.5 Å². The molecule has 2 nitrogen and oxygen atoms in total. The summed E-state index contributed by atoms with van der Waals surface area (Å²) in [6.45, 7) is 3.48. The molecule has 0 aromatic rings. The summed E-state index contributed by atoms with van der Waals surface area (Å²) in [6.07, 6.45) is 0. The minimum atomic E-state index is -2.34. The van der Waals surface area contributed by atoms with E-state index in [1.165, 1.54) is 0 Å². The molecule has 0 spiro atoms. The second-order valence-corrected chi connectivity index (χ2v) is 2.07. The molecule has 0 saturated carbocycles. The van der Waals surface area contributed by atoms with Gasteiger partial charge in [0.1, 0.15) is 0 Å². The van der Waals surface area contributed by atoms with Crippen molar-refractivity contribution < 1.29 is 8.85 Å². The number of ether oxygens (including phenoxy) is 1. The van der Waals surface area contributed by atoms with Crippen LogP contribution in [0, 0.1) is 0 Å². The predicted octanol–water partition coefficient (Wildman–Crippen LogP) is 0.370. The van der Waals surface area contributed by atoms with Gasteiger partial charge in [-0.25, -0.2) is 0 Å². The molecule has 0 radical (unpaired) electrons. The number of rotatable bonds is 2. The molecule has 0 amide bonds. The fourth-order valence-electron chi connectivity index (χ4n) is 0.0417. The van der Waals surface area contributed by atoms with Gasteiger partial charge >= 0.3 is 0 Å². The summed E-state index contributed by atoms with van der Waals surface area (Å²) in [5, 5.41) is 0. The van der Waals surface area contributed by atoms with Crippen LogP contribution in [-0.4, -0.2) is 19.2 Å². The number of hydrogen-bond acceptors (Lipinski definition) is 2. The van der Waals surface area contributed by atoms with Gasteiger partial charge in [0.05, 0.1) is 9.71 Å². The lowest BCUT2D eigenvalue weighted by Gasteiger charge is -2.19. The first kappa shape index (κ1) is 3.05. The van der Waals surface area contributed by atoms with Gasteiger partial charge in [-0.3, -0.25) is 0 Å². The summed E-state index contributed by atoms with van der Waals surface area (Å²) in [4.78, 5) is 0. The van der Waals surface area contributed by atoms with E-state index in [2.05, 4.69) is 4.74 Å². The van der Waals surface area contributed by atoms with Crippen LogP contribution in [0.1, 0.15) is 18.0 Å². The van der Waals surface area contributed by atoms with E-state index in [0.29, 0.717) is 0 Å². The topological polar surface area (TPSA) is 35.2 Å². The monoisotopic (exact) mass is 106 g/mol. The highest BCUT2D eigenvalue weighted by atomic mass is 16.5. The fourth-order valence-corrected chi connectivity index (χ4v) is 0.0417. The Kier molecular flexibility index (Phi) is 0.995. The SMILES string of the molecule is [2H]C([2H])([2H])OC(C)(C)CN. The van der Waals surface area contributed by atoms with Crippen molar-refractivity contribution in [2.75, 3.05) is 13.6 Å². The molecular weight excluding hydrogens is 90.1 g/mol. The Morgan fingerprint density at radius 2 is 2.43 bits per heavy atom. The van der Waals surface area contributed by atoms with Gasteiger partial charge in [0.25, 0.3) is 0 Å². The molecule has 0 aliphatic carbocycles. The van der Waals surface area contributed by atoms with Crippen LogP contribution in [0.5, 0.6) is 0 Å². The number of nitrogens with two attached hydrogens (primary N) is 1. The molecule has 0 aliphatic heterocycles. The quantitative estimate of drug-likeness (QED) is 0.552. The second kappa shape index (κ2) is 2.28. The molecule has 0 aromatic carbocycles. The highest BCUT2D eigenvalue weighted by molar-refractivity contribution is 4.66. The first-order chi connectivity index (χ1) is 4.27. The summed E-state index contributed by atoms with van der Waals surface area (Å²) in [6, 6.07) is 0. The molecule has 0 atom stereocenters. The highest BCUT2D eigenvalue weighted by Gasteiger charge is 2.11. The van der Waals surface area contributed by atoms with Gasteiger partial charge in [-0.05, 0) is 13.8 Å². The van der Waals surface area contributed by atoms with E-state index in [0.717, 1.165) is 0 Å². The Morgan fingerprint density at radius 3 is 2.57 bits per heavy atom. The van der Waals surface area contributed by atoms with Crippen molar-refractivity contribution in [3.8, 4) is 0 Å². The second-order valence-electron chi connectivity index (χ2n) is 2.07. The molecule has 7 heavy (non-hydrogen) atoms. The third-order valence-corrected chi connectivity index (χ3v) is 0.768. The van der Waals surface area contributed by atoms with Crippen molar-refractivity contribution in [3.63, 3.8) is 0 Å². The molecule has 0 unspecified atom stereocenters. The lowest BCUT2D eigenvalue weighted by Crippen LogP contribution is -2.32. The minimum Gasteiger partial charge on any atom is -0.378 e. The summed E-state index contributed by atoms with van der Waals surface area (Å²) in [5.41, 5.74) is 4.48. The molecule has 2 heteroatoms. The van der Waals surface area contributed by atoms with Gasteiger partial charge in [0.15, 0.2) is 0 Å². The van der Waals surface area contributed by atoms with Crippen LogP contribution in [0.15, 0.2) is 0 Å². The first-order valence-corrected chi connectivity index (χ1v) is 2.17. The average Bonchev–Trinajstić information content (AvgIpc) is 1.60. The van der Waals surface area contributed by atoms with Crippen LogP contribution in [0.25, 0.3) is 0 Å². The lowest BCUT2D eigenvalue weighted by molar-refractivity contribution is 0.0307. The zero-order chi connectivity index (χ0) is 8.41. The van der Waals surface area contributed by atoms with Crippen LogP contribution < -0.4 is 5.73 Å². The zero-order valence-corrected chi connectivity index (χ0v) is 4.69. The van der Waals surface area contributed by atoms with Crippen molar-refractivity contribution in [1.82, 2.24) is 0 Å². The molecule has 0 heterocycles. The number of hydrogen-bond donors (Lipinski definition) is 1. The van der Waals surface area contributed by atoms with E-state index >= 15 is 0 Å². The molecule has 0 rings (SSSR count). The average molecular weight is 106 g/mol. The van der Waals surface area contributed by atoms with Gasteiger partial charge in [0, 0.05) is 13.6 Å². The van der Waals surface area contributed by atoms with Crippen LogP contribution in [0.4, 0.5) is 0 Å². The Balaban J connectivity index is 3.89. The first-order valence-electron chi connectivity index (χ1n) is 3.67. The predicted molar refractivity (Wildman–Crippen MR) is 30.1 cm³/mol. The third-order valence-electron chi connectivity index (χ3n) is 0.768. The van der Waals surface area contributed by atoms with Gasteiger partial charge in [-0.15, -0.1) is 0 Å². The summed E-state index contributed by atoms with van der Waals surface area (Å²) < 4.78 is 24.9. The van der Waals surface area contributed by atoms with Crippen LogP contribution >= 0.6 is 0 Å². The van der Waals surface area contributed by atoms with Crippen LogP contribution in [-0.2, 0) is 4.74 Å². The van der Waals surface area contributed by atoms with Crippen LogP contribution in [0.3, 0.4) is 0 Å². The van der Waals surface area contributed by atoms with Gasteiger partial charge in [-0.2, -0.15) is 0 Å². The molecule has 0 fully saturated rings. The normalized spacial score (nSPS) is 20.1. The van der Waals surface area contributed by atoms with E-state index in [1.807, 2.05) is 0 Å². The van der Waals surface area contributed by atoms with Gasteiger partial charge in [0.2, 0.25) is 0 Å². The fraction of sp³-hybridized carbons (Fsp3) is 1.00. The van der Waals surface area contributed by atoms with E-state index in [4.69, 9.17) is 9.85 Å². The van der Waals surface area contributed by atoms with Crippen molar-refractivity contribution in [2.24, 2.45) is 5.73 Å². The molecular formula is C5H13NO. The molecule has 0 aromatic heterocycles. The Bertz CT molecular complexity index is 110. The van der Waals surface area contributed by atoms with E-state index in [-0.39, 0.29) is 6.54 Å². The van der Waals surface area contributed by atoms with Crippen molar-refractivity contribution in [2.45, 2.75) is 19.4 Å². The van der Waals surface area contributed by atoms with Crippen molar-refractivity contribution >= 4 is 0 Å². The minimum absolute atomic E-state index is 0.200. The Hall–Kier alpha value is -0.0800. The molecule has 0 saturated heterocycles. The summed E-state index contributed by atoms with van der Waals surface area (Å²) in [7, 11) is -2.34. The van der Waals surface area contributed by atoms with E-state index in [1.54, 1.807) is 13.8 Å². The molecule has 0 aliphatic rings. The Labute approximate surface area is 48.9 Å². The summed E-state index contributed by atoms with van der Waals surface area (Å²) >= 11 is 0. The van der Waals surface area contributed by atoms with Gasteiger partial charge in [-0.1, -0.05) is 0 Å². The van der Waals surface area contributed by atoms with Crippen molar-refractivity contribution in [1.29, 1.82) is 0 Å². The maximum Gasteiger partial charge on any atom is 0.0744 e. The van der Waals surface area contributed by atoms with E-state index in [9.17, 15) is 0 Å². The third kappa shape index (κ3) is 2.60. The largest absolute Gasteiger partial charge is 0.378 e. The molecule has 44 valence electrons. The van der Waals surface area contributed by atoms with Crippen LogP contribution in [0.2, 0.25) is 0 Å². The standard InChI is InChI=1S/C5H13NO/c1-5(2,4-6)7-3/h4,6H2,1-3H3/i3D3. The smallest absolute Gasteiger partial charge is 0.0744 e. The maximum atomic E-state index is 6.75. The summed E-state index contributed by atoms with van der Waals surface area (Å²) in [5.74, 6) is 0. The molecule has 0 bridgehead atoms. The number of methoxy groups -OCH3 is 1. The zero-order valence-electron chi connectivity index (χ0n) is 7.69. The lowest BCUT2D eigenvalue weighted by atomic mass is 10.1. The Morgan fingerprint density at radius 1 is 1.86 bits per heavy atom. The maximum absolute atomic E-state index is 6.75.